The Labute approximate surface area is 428 Å². The average Bonchev–Trinajstić information content (AvgIpc) is 4.08. The Morgan fingerprint density at radius 2 is 0.956 bits per heavy atom. The van der Waals surface area contributed by atoms with Gasteiger partial charge in [0.05, 0.1) is 0 Å². The van der Waals surface area contributed by atoms with E-state index >= 15 is 0 Å². The van der Waals surface area contributed by atoms with E-state index in [1.54, 1.807) is 36.9 Å². The predicted octanol–water partition coefficient (Wildman–Crippen LogP) is 12.5. The van der Waals surface area contributed by atoms with Crippen molar-refractivity contribution in [1.82, 2.24) is 15.0 Å². The van der Waals surface area contributed by atoms with Crippen molar-refractivity contribution in [3.63, 3.8) is 0 Å². The monoisotopic (exact) mass is 1250 g/mol. The molecule has 349 valence electrons. The third-order valence-corrected chi connectivity index (χ3v) is 11.4. The zero-order valence-corrected chi connectivity index (χ0v) is 42.0. The van der Waals surface area contributed by atoms with Crippen LogP contribution in [0.3, 0.4) is 0 Å². The maximum absolute atomic E-state index is 6.01. The minimum Gasteiger partial charge on any atom is -0.509 e. The van der Waals surface area contributed by atoms with Crippen molar-refractivity contribution in [1.29, 1.82) is 0 Å². The topological polar surface area (TPSA) is 67.3 Å². The number of unbranched alkanes of at least 4 members (excludes halogenated alkanes) is 2. The van der Waals surface area contributed by atoms with Gasteiger partial charge in [0.1, 0.15) is 0 Å². The van der Waals surface area contributed by atoms with Crippen molar-refractivity contribution in [2.24, 2.45) is 0 Å². The fourth-order valence-electron chi connectivity index (χ4n) is 8.26. The van der Waals surface area contributed by atoms with Gasteiger partial charge < -0.3 is 49.1 Å². The summed E-state index contributed by atoms with van der Waals surface area (Å²) in [5, 5.41) is 0. The van der Waals surface area contributed by atoms with Crippen LogP contribution in [0.4, 0.5) is 51.2 Å². The molecule has 3 aliphatic rings. The molecule has 0 aliphatic carbocycles. The van der Waals surface area contributed by atoms with Gasteiger partial charge >= 0.3 is 0 Å². The van der Waals surface area contributed by atoms with Crippen LogP contribution in [0.25, 0.3) is 11.4 Å². The van der Waals surface area contributed by atoms with Gasteiger partial charge in [-0.2, -0.15) is 92.8 Å². The summed E-state index contributed by atoms with van der Waals surface area (Å²) in [5.74, 6) is 1.01. The van der Waals surface area contributed by atoms with Gasteiger partial charge in [-0.1, -0.05) is 61.6 Å². The second kappa shape index (κ2) is 23.0. The Morgan fingerprint density at radius 3 is 1.46 bits per heavy atom. The van der Waals surface area contributed by atoms with E-state index in [-0.39, 0.29) is 41.2 Å². The molecular formula is C56H47IrN9OPt-8. The molecular weight excluding hydrogens is 1200 g/mol. The van der Waals surface area contributed by atoms with E-state index in [2.05, 4.69) is 193 Å². The van der Waals surface area contributed by atoms with E-state index < -0.39 is 0 Å². The van der Waals surface area contributed by atoms with Crippen molar-refractivity contribution >= 4 is 51.2 Å². The van der Waals surface area contributed by atoms with Gasteiger partial charge in [-0.15, -0.1) is 41.0 Å². The molecule has 68 heavy (non-hydrogen) atoms. The normalized spacial score (nSPS) is 13.2. The molecule has 0 bridgehead atoms. The van der Waals surface area contributed by atoms with E-state index in [0.717, 1.165) is 68.1 Å². The van der Waals surface area contributed by atoms with E-state index in [0.29, 0.717) is 22.9 Å². The number of para-hydroxylation sites is 8. The summed E-state index contributed by atoms with van der Waals surface area (Å²) in [6.07, 6.45) is 11.3. The van der Waals surface area contributed by atoms with Crippen LogP contribution in [0.2, 0.25) is 0 Å². The summed E-state index contributed by atoms with van der Waals surface area (Å²) >= 11 is 0. The zero-order chi connectivity index (χ0) is 44.5. The van der Waals surface area contributed by atoms with Crippen molar-refractivity contribution in [2.45, 2.75) is 32.6 Å². The number of anilines is 9. The molecule has 0 atom stereocenters. The van der Waals surface area contributed by atoms with Crippen LogP contribution in [-0.2, 0) is 41.2 Å². The largest absolute Gasteiger partial charge is 0.509 e. The fourth-order valence-corrected chi connectivity index (χ4v) is 8.26. The summed E-state index contributed by atoms with van der Waals surface area (Å²) in [6.45, 7) is 11.6. The van der Waals surface area contributed by atoms with Crippen LogP contribution in [0, 0.1) is 50.3 Å². The van der Waals surface area contributed by atoms with Gasteiger partial charge in [-0.25, -0.2) is 6.07 Å². The number of nitrogens with zero attached hydrogens (tertiary/aromatic N) is 9. The van der Waals surface area contributed by atoms with Crippen molar-refractivity contribution in [3.8, 4) is 22.9 Å². The molecule has 3 aromatic heterocycles. The SMILES string of the molecule is CCCCN1[CH-]N(c2[c-]c(Oc3[c-]c(-c4[c-]cccn4)ncc3)cnc2)c2ccccc21.[Ir].[Pt].[c-]1ccccc1N1[CH-]N(CCCCN2[CH-]N(c3[c-]cccc3)c3ccccc32)c2ccccc21. The van der Waals surface area contributed by atoms with Gasteiger partial charge in [0, 0.05) is 86.8 Å². The fraction of sp³-hybridized carbons (Fsp3) is 0.143. The number of pyridine rings is 3. The summed E-state index contributed by atoms with van der Waals surface area (Å²) in [5.41, 5.74) is 11.3. The molecule has 6 heterocycles. The standard InChI is InChI=1S/C30H26N4.C26H21N5O.Ir.Pt/c1-3-13-25(14-4-1)33-23-31(27-17-7-9-19-29(27)33)21-11-12-22-32-24-34(26-15-5-2-6-16-26)30-20-10-8-18-28(30)32;1-2-3-14-30-19-31(26-10-5-4-9-25(26)30)20-15-22(18-27-17-20)32-21-11-13-29-24(16-21)23-8-6-7-12-28-23;;/h1-10,13,15,17-20,23-24H,11-12,21-22H2;4-7,9-13,17-19H,2-3,14H2,1H3;;/q2*-4;;. The molecule has 11 rings (SSSR count). The first kappa shape index (κ1) is 48.0. The van der Waals surface area contributed by atoms with Crippen LogP contribution in [0.5, 0.6) is 11.5 Å². The Morgan fingerprint density at radius 1 is 0.471 bits per heavy atom. The van der Waals surface area contributed by atoms with Crippen molar-refractivity contribution < 1.29 is 45.9 Å². The molecule has 0 spiro atoms. The smallest absolute Gasteiger partial charge is 0.0326 e. The molecule has 0 saturated carbocycles. The number of aromatic nitrogens is 3. The molecule has 12 heteroatoms. The first-order chi connectivity index (χ1) is 32.7. The molecule has 8 aromatic rings. The predicted molar refractivity (Wildman–Crippen MR) is 264 cm³/mol. The second-order valence-electron chi connectivity index (χ2n) is 15.9. The number of benzene rings is 5. The van der Waals surface area contributed by atoms with Crippen molar-refractivity contribution in [3.05, 3.63) is 215 Å². The molecule has 0 unspecified atom stereocenters. The minimum atomic E-state index is 0. The Balaban J connectivity index is 0.000000179. The van der Waals surface area contributed by atoms with E-state index in [9.17, 15) is 0 Å². The van der Waals surface area contributed by atoms with Gasteiger partial charge in [-0.3, -0.25) is 0 Å². The number of fused-ring (bicyclic) bond motifs is 3. The van der Waals surface area contributed by atoms with Gasteiger partial charge in [0.25, 0.3) is 0 Å². The summed E-state index contributed by atoms with van der Waals surface area (Å²) in [4.78, 5) is 26.5. The minimum absolute atomic E-state index is 0. The Hall–Kier alpha value is -6.51. The first-order valence-corrected chi connectivity index (χ1v) is 22.4. The Kier molecular flexibility index (Phi) is 16.2. The summed E-state index contributed by atoms with van der Waals surface area (Å²) in [6, 6.07) is 63.4. The van der Waals surface area contributed by atoms with Gasteiger partial charge in [0.2, 0.25) is 0 Å². The number of hydrogen-bond donors (Lipinski definition) is 0. The van der Waals surface area contributed by atoms with Crippen LogP contribution in [-0.4, -0.2) is 34.6 Å². The number of rotatable bonds is 14. The molecule has 0 fully saturated rings. The van der Waals surface area contributed by atoms with Crippen LogP contribution >= 0.6 is 0 Å². The molecule has 3 aliphatic heterocycles. The molecule has 0 amide bonds. The maximum Gasteiger partial charge on any atom is 0.0326 e. The van der Waals surface area contributed by atoms with Crippen molar-refractivity contribution in [2.75, 3.05) is 49.0 Å². The van der Waals surface area contributed by atoms with Gasteiger partial charge in [-0.05, 0) is 93.9 Å². The van der Waals surface area contributed by atoms with Gasteiger partial charge in [0.15, 0.2) is 0 Å². The number of hydrogen-bond acceptors (Lipinski definition) is 10. The van der Waals surface area contributed by atoms with Crippen LogP contribution < -0.4 is 34.1 Å². The molecule has 0 N–H and O–H groups in total. The number of ether oxygens (including phenoxy) is 1. The van der Waals surface area contributed by atoms with E-state index in [1.807, 2.05) is 36.4 Å². The third-order valence-electron chi connectivity index (χ3n) is 11.4. The van der Waals surface area contributed by atoms with Crippen LogP contribution in [0.15, 0.2) is 164 Å². The second-order valence-corrected chi connectivity index (χ2v) is 15.9. The summed E-state index contributed by atoms with van der Waals surface area (Å²) in [7, 11) is 0. The third kappa shape index (κ3) is 10.8. The maximum atomic E-state index is 6.01. The van der Waals surface area contributed by atoms with Crippen LogP contribution in [0.1, 0.15) is 32.6 Å². The quantitative estimate of drug-likeness (QED) is 0.0777. The summed E-state index contributed by atoms with van der Waals surface area (Å²) < 4.78 is 6.01. The Bertz CT molecular complexity index is 2740. The molecule has 1 radical (unpaired) electrons. The average molecular weight is 1250 g/mol. The first-order valence-electron chi connectivity index (χ1n) is 22.4. The van der Waals surface area contributed by atoms with E-state index in [4.69, 9.17) is 4.74 Å². The molecule has 0 saturated heterocycles. The molecule has 5 aromatic carbocycles. The zero-order valence-electron chi connectivity index (χ0n) is 37.4. The van der Waals surface area contributed by atoms with E-state index in [1.165, 1.54) is 28.4 Å². The molecule has 10 nitrogen and oxygen atoms in total.